The van der Waals surface area contributed by atoms with Gasteiger partial charge in [0.2, 0.25) is 5.82 Å². The minimum atomic E-state index is -5.08. The molecule has 37 heavy (non-hydrogen) atoms. The maximum absolute atomic E-state index is 12.5. The lowest BCUT2D eigenvalue weighted by Gasteiger charge is -2.44. The molecule has 2 aliphatic heterocycles. The van der Waals surface area contributed by atoms with Gasteiger partial charge in [-0.1, -0.05) is 31.2 Å². The molecule has 2 aromatic rings. The number of carbonyl (C=O) groups is 2. The number of carboxylic acids is 1. The van der Waals surface area contributed by atoms with Gasteiger partial charge in [0.05, 0.1) is 6.61 Å². The van der Waals surface area contributed by atoms with Crippen molar-refractivity contribution in [3.05, 3.63) is 47.0 Å². The van der Waals surface area contributed by atoms with E-state index in [4.69, 9.17) is 14.6 Å². The number of rotatable bonds is 7. The second-order valence-electron chi connectivity index (χ2n) is 9.52. The Morgan fingerprint density at radius 2 is 1.73 bits per heavy atom. The van der Waals surface area contributed by atoms with Crippen LogP contribution in [0.1, 0.15) is 53.8 Å². The zero-order valence-corrected chi connectivity index (χ0v) is 21.2. The maximum atomic E-state index is 12.5. The summed E-state index contributed by atoms with van der Waals surface area (Å²) < 4.78 is 38.8. The molecule has 0 aliphatic carbocycles. The Labute approximate surface area is 214 Å². The predicted octanol–water partition coefficient (Wildman–Crippen LogP) is 3.08. The number of alkyl halides is 3. The molecule has 0 atom stereocenters. The van der Waals surface area contributed by atoms with Crippen LogP contribution in [0.15, 0.2) is 24.3 Å². The molecule has 2 aliphatic rings. The van der Waals surface area contributed by atoms with Crippen molar-refractivity contribution < 1.29 is 32.6 Å². The third kappa shape index (κ3) is 7.75. The van der Waals surface area contributed by atoms with Crippen molar-refractivity contribution in [2.24, 2.45) is 5.41 Å². The number of hydrogen-bond acceptors (Lipinski definition) is 6. The third-order valence-electron chi connectivity index (χ3n) is 6.99. The Morgan fingerprint density at radius 3 is 2.30 bits per heavy atom. The Kier molecular flexibility index (Phi) is 9.66. The number of aliphatic carboxylic acids is 1. The van der Waals surface area contributed by atoms with Gasteiger partial charge in [0.15, 0.2) is 0 Å². The number of carboxylic acid groups (broad SMARTS) is 1. The summed E-state index contributed by atoms with van der Waals surface area (Å²) in [7, 11) is 1.63. The first kappa shape index (κ1) is 28.6. The lowest BCUT2D eigenvalue weighted by Crippen LogP contribution is -2.45. The number of methoxy groups -OCH3 is 1. The van der Waals surface area contributed by atoms with E-state index in [-0.39, 0.29) is 11.3 Å². The average molecular weight is 526 g/mol. The SMILES string of the molecule is CCc1ccc(CN2CCC3(CCc4nnc(C(=O)NCCOC)n4C3)CC2)cc1.O=C(O)C(F)(F)F. The van der Waals surface area contributed by atoms with Crippen molar-refractivity contribution in [1.82, 2.24) is 25.0 Å². The summed E-state index contributed by atoms with van der Waals surface area (Å²) in [5, 5.41) is 18.5. The van der Waals surface area contributed by atoms with Crippen LogP contribution in [-0.4, -0.2) is 76.2 Å². The molecule has 1 fully saturated rings. The van der Waals surface area contributed by atoms with Crippen LogP contribution in [-0.2, 0) is 35.5 Å². The van der Waals surface area contributed by atoms with Crippen LogP contribution in [0.4, 0.5) is 13.2 Å². The fourth-order valence-corrected chi connectivity index (χ4v) is 4.72. The number of likely N-dealkylation sites (tertiary alicyclic amines) is 1. The summed E-state index contributed by atoms with van der Waals surface area (Å²) in [5.41, 5.74) is 3.03. The van der Waals surface area contributed by atoms with Crippen LogP contribution in [0.25, 0.3) is 0 Å². The first-order valence-electron chi connectivity index (χ1n) is 12.4. The topological polar surface area (TPSA) is 110 Å². The number of hydrogen-bond donors (Lipinski definition) is 2. The van der Waals surface area contributed by atoms with Gasteiger partial charge in [0, 0.05) is 33.2 Å². The molecule has 9 nitrogen and oxygen atoms in total. The van der Waals surface area contributed by atoms with Gasteiger partial charge in [-0.3, -0.25) is 9.69 Å². The third-order valence-corrected chi connectivity index (χ3v) is 6.99. The molecule has 1 spiro atoms. The quantitative estimate of drug-likeness (QED) is 0.535. The van der Waals surface area contributed by atoms with Crippen LogP contribution in [0, 0.1) is 5.41 Å². The number of amides is 1. The molecule has 0 saturated carbocycles. The Hall–Kier alpha value is -2.99. The van der Waals surface area contributed by atoms with Crippen LogP contribution in [0.2, 0.25) is 0 Å². The van der Waals surface area contributed by atoms with Crippen molar-refractivity contribution in [2.45, 2.75) is 58.3 Å². The van der Waals surface area contributed by atoms with Gasteiger partial charge in [-0.15, -0.1) is 10.2 Å². The van der Waals surface area contributed by atoms with E-state index in [0.29, 0.717) is 19.0 Å². The number of fused-ring (bicyclic) bond motifs is 1. The number of carbonyl (C=O) groups excluding carboxylic acids is 1. The van der Waals surface area contributed by atoms with E-state index >= 15 is 0 Å². The summed E-state index contributed by atoms with van der Waals surface area (Å²) in [5.74, 6) is -1.53. The minimum Gasteiger partial charge on any atom is -0.475 e. The van der Waals surface area contributed by atoms with E-state index in [1.165, 1.54) is 11.1 Å². The summed E-state index contributed by atoms with van der Waals surface area (Å²) in [6, 6.07) is 9.02. The molecule has 0 bridgehead atoms. The number of benzene rings is 1. The van der Waals surface area contributed by atoms with Crippen molar-refractivity contribution >= 4 is 11.9 Å². The molecule has 1 saturated heterocycles. The summed E-state index contributed by atoms with van der Waals surface area (Å²) in [6.07, 6.45) is 0.348. The number of aromatic nitrogens is 3. The van der Waals surface area contributed by atoms with Gasteiger partial charge in [-0.2, -0.15) is 13.2 Å². The standard InChI is InChI=1S/C23H33N5O2.C2HF3O2/c1-3-18-4-6-19(7-5-18)16-27-13-10-23(11-14-27)9-8-20-25-26-21(28(20)17-23)22(29)24-12-15-30-2;3-2(4,5)1(6)7/h4-7H,3,8-17H2,1-2H3,(H,24,29);(H,6,7). The molecule has 12 heteroatoms. The van der Waals surface area contributed by atoms with E-state index in [2.05, 4.69) is 56.2 Å². The number of piperidine rings is 1. The monoisotopic (exact) mass is 525 g/mol. The second kappa shape index (κ2) is 12.5. The molecule has 1 amide bonds. The summed E-state index contributed by atoms with van der Waals surface area (Å²) in [6.45, 7) is 7.24. The van der Waals surface area contributed by atoms with Crippen LogP contribution >= 0.6 is 0 Å². The number of ether oxygens (including phenoxy) is 1. The zero-order valence-electron chi connectivity index (χ0n) is 21.2. The van der Waals surface area contributed by atoms with Crippen molar-refractivity contribution in [3.63, 3.8) is 0 Å². The van der Waals surface area contributed by atoms with Crippen LogP contribution < -0.4 is 5.32 Å². The molecule has 1 aromatic carbocycles. The van der Waals surface area contributed by atoms with E-state index in [1.54, 1.807) is 7.11 Å². The molecule has 0 unspecified atom stereocenters. The normalized spacial score (nSPS) is 17.0. The summed E-state index contributed by atoms with van der Waals surface area (Å²) in [4.78, 5) is 24.0. The van der Waals surface area contributed by atoms with E-state index < -0.39 is 12.1 Å². The maximum Gasteiger partial charge on any atom is 0.490 e. The molecule has 1 aromatic heterocycles. The summed E-state index contributed by atoms with van der Waals surface area (Å²) >= 11 is 0. The van der Waals surface area contributed by atoms with Crippen molar-refractivity contribution in [3.8, 4) is 0 Å². The highest BCUT2D eigenvalue weighted by Crippen LogP contribution is 2.41. The van der Waals surface area contributed by atoms with Gasteiger partial charge in [0.25, 0.3) is 5.91 Å². The number of halogens is 3. The van der Waals surface area contributed by atoms with E-state index in [9.17, 15) is 18.0 Å². The lowest BCUT2D eigenvalue weighted by molar-refractivity contribution is -0.192. The molecule has 204 valence electrons. The van der Waals surface area contributed by atoms with Crippen molar-refractivity contribution in [1.29, 1.82) is 0 Å². The number of nitrogens with one attached hydrogen (secondary N) is 1. The smallest absolute Gasteiger partial charge is 0.475 e. The zero-order chi connectivity index (χ0) is 27.1. The first-order chi connectivity index (χ1) is 17.6. The molecule has 0 radical (unpaired) electrons. The minimum absolute atomic E-state index is 0.157. The predicted molar refractivity (Wildman–Crippen MR) is 129 cm³/mol. The van der Waals surface area contributed by atoms with Crippen molar-refractivity contribution in [2.75, 3.05) is 33.4 Å². The Bertz CT molecular complexity index is 1050. The highest BCUT2D eigenvalue weighted by atomic mass is 19.4. The molecular formula is C25H34F3N5O4. The molecule has 3 heterocycles. The molecule has 2 N–H and O–H groups in total. The molecule has 4 rings (SSSR count). The van der Waals surface area contributed by atoms with Gasteiger partial charge in [-0.05, 0) is 55.3 Å². The van der Waals surface area contributed by atoms with Gasteiger partial charge < -0.3 is 19.7 Å². The number of aryl methyl sites for hydroxylation is 2. The van der Waals surface area contributed by atoms with Gasteiger partial charge >= 0.3 is 12.1 Å². The first-order valence-corrected chi connectivity index (χ1v) is 12.4. The highest BCUT2D eigenvalue weighted by molar-refractivity contribution is 5.90. The van der Waals surface area contributed by atoms with Crippen LogP contribution in [0.3, 0.4) is 0 Å². The average Bonchev–Trinajstić information content (AvgIpc) is 3.29. The Morgan fingerprint density at radius 1 is 1.11 bits per heavy atom. The Balaban J connectivity index is 0.000000479. The van der Waals surface area contributed by atoms with Gasteiger partial charge in [-0.25, -0.2) is 4.79 Å². The highest BCUT2D eigenvalue weighted by Gasteiger charge is 2.40. The molecular weight excluding hydrogens is 491 g/mol. The van der Waals surface area contributed by atoms with E-state index in [0.717, 1.165) is 64.1 Å². The largest absolute Gasteiger partial charge is 0.490 e. The fraction of sp³-hybridized carbons (Fsp3) is 0.600. The van der Waals surface area contributed by atoms with E-state index in [1.807, 2.05) is 0 Å². The fourth-order valence-electron chi connectivity index (χ4n) is 4.72. The number of nitrogens with zero attached hydrogens (tertiary/aromatic N) is 4. The van der Waals surface area contributed by atoms with Gasteiger partial charge in [0.1, 0.15) is 5.82 Å². The lowest BCUT2D eigenvalue weighted by atomic mass is 9.73. The van der Waals surface area contributed by atoms with Crippen LogP contribution in [0.5, 0.6) is 0 Å². The second-order valence-corrected chi connectivity index (χ2v) is 9.52.